The molecule has 0 unspecified atom stereocenters. The molecule has 1 aromatic rings. The van der Waals surface area contributed by atoms with Gasteiger partial charge in [-0.2, -0.15) is 5.10 Å². The molecule has 10 nitrogen and oxygen atoms in total. The average Bonchev–Trinajstić information content (AvgIpc) is 3.18. The number of carbonyl (C=O) groups is 1. The van der Waals surface area contributed by atoms with Crippen molar-refractivity contribution in [3.8, 4) is 0 Å². The fourth-order valence-electron chi connectivity index (χ4n) is 4.38. The topological polar surface area (TPSA) is 110 Å². The number of rotatable bonds is 14. The van der Waals surface area contributed by atoms with Gasteiger partial charge in [0.25, 0.3) is 0 Å². The van der Waals surface area contributed by atoms with Crippen molar-refractivity contribution >= 4 is 16.1 Å². The highest BCUT2D eigenvalue weighted by molar-refractivity contribution is 7.89. The molecule has 0 saturated heterocycles. The Morgan fingerprint density at radius 1 is 1.21 bits per heavy atom. The van der Waals surface area contributed by atoms with E-state index in [2.05, 4.69) is 33.6 Å². The molecule has 1 aliphatic rings. The van der Waals surface area contributed by atoms with E-state index in [1.54, 1.807) is 25.8 Å². The molecule has 0 aromatic carbocycles. The number of nitrogens with zero attached hydrogens (tertiary/aromatic N) is 5. The van der Waals surface area contributed by atoms with Crippen LogP contribution in [0, 0.1) is 5.92 Å². The number of sulfonamides is 1. The first-order chi connectivity index (χ1) is 16.1. The number of nitrogens with one attached hydrogen (secondary N) is 1. The van der Waals surface area contributed by atoms with Gasteiger partial charge in [0.05, 0.1) is 11.8 Å². The van der Waals surface area contributed by atoms with E-state index in [0.29, 0.717) is 30.4 Å². The van der Waals surface area contributed by atoms with Crippen LogP contribution < -0.4 is 4.72 Å². The maximum absolute atomic E-state index is 12.9. The molecular formula is C23H44N6O4S. The molecule has 34 heavy (non-hydrogen) atoms. The summed E-state index contributed by atoms with van der Waals surface area (Å²) in [4.78, 5) is 19.9. The molecule has 1 heterocycles. The van der Waals surface area contributed by atoms with Crippen molar-refractivity contribution in [3.63, 3.8) is 0 Å². The van der Waals surface area contributed by atoms with E-state index >= 15 is 0 Å². The van der Waals surface area contributed by atoms with Crippen LogP contribution in [0.25, 0.3) is 0 Å². The van der Waals surface area contributed by atoms with E-state index in [9.17, 15) is 13.2 Å². The number of aryl methyl sites for hydroxylation is 1. The van der Waals surface area contributed by atoms with Gasteiger partial charge >= 0.3 is 6.09 Å². The minimum atomic E-state index is -3.49. The fourth-order valence-corrected chi connectivity index (χ4v) is 5.66. The molecule has 1 aromatic heterocycles. The zero-order valence-electron chi connectivity index (χ0n) is 21.6. The largest absolute Gasteiger partial charge is 0.441 e. The highest BCUT2D eigenvalue weighted by Crippen LogP contribution is 2.30. The first-order valence-electron chi connectivity index (χ1n) is 12.6. The summed E-state index contributed by atoms with van der Waals surface area (Å²) in [5.41, 5.74) is 0. The van der Waals surface area contributed by atoms with Crippen molar-refractivity contribution in [1.29, 1.82) is 0 Å². The molecule has 0 spiro atoms. The fraction of sp³-hybridized carbons (Fsp3) is 0.870. The Kier molecular flexibility index (Phi) is 11.7. The summed E-state index contributed by atoms with van der Waals surface area (Å²) < 4.78 is 35.6. The van der Waals surface area contributed by atoms with Crippen LogP contribution >= 0.6 is 0 Å². The Labute approximate surface area is 205 Å². The van der Waals surface area contributed by atoms with E-state index in [1.807, 2.05) is 0 Å². The second kappa shape index (κ2) is 14.0. The van der Waals surface area contributed by atoms with Crippen LogP contribution in [0.2, 0.25) is 0 Å². The molecule has 1 aliphatic carbocycles. The Hall–Kier alpha value is -1.72. The van der Waals surface area contributed by atoms with Gasteiger partial charge < -0.3 is 14.5 Å². The Balaban J connectivity index is 2.09. The summed E-state index contributed by atoms with van der Waals surface area (Å²) in [6.07, 6.45) is 7.88. The van der Waals surface area contributed by atoms with Crippen LogP contribution in [0.4, 0.5) is 4.79 Å². The molecule has 1 amide bonds. The first kappa shape index (κ1) is 28.5. The number of carbonyl (C=O) groups excluding carboxylic acids is 1. The highest BCUT2D eigenvalue weighted by Gasteiger charge is 2.26. The van der Waals surface area contributed by atoms with Crippen LogP contribution in [0.3, 0.4) is 0 Å². The van der Waals surface area contributed by atoms with Crippen LogP contribution in [-0.4, -0.2) is 78.6 Å². The van der Waals surface area contributed by atoms with E-state index in [1.165, 1.54) is 37.0 Å². The Morgan fingerprint density at radius 2 is 1.88 bits per heavy atom. The SMILES string of the molecule is CCN(CC)CCCS(=O)(=O)N[C@H](CCC1CCCCC1)c1nc(COC(=O)N(C)C)n(C)n1. The molecule has 0 aliphatic heterocycles. The van der Waals surface area contributed by atoms with Crippen LogP contribution in [-0.2, 0) is 28.4 Å². The van der Waals surface area contributed by atoms with E-state index in [-0.39, 0.29) is 12.4 Å². The summed E-state index contributed by atoms with van der Waals surface area (Å²) in [5.74, 6) is 1.60. The maximum Gasteiger partial charge on any atom is 0.409 e. The second-order valence-corrected chi connectivity index (χ2v) is 11.3. The van der Waals surface area contributed by atoms with Gasteiger partial charge in [-0.05, 0) is 44.8 Å². The van der Waals surface area contributed by atoms with Gasteiger partial charge in [0.15, 0.2) is 18.3 Å². The molecule has 1 saturated carbocycles. The van der Waals surface area contributed by atoms with Crippen molar-refractivity contribution in [3.05, 3.63) is 11.6 Å². The van der Waals surface area contributed by atoms with Gasteiger partial charge in [-0.1, -0.05) is 46.0 Å². The van der Waals surface area contributed by atoms with Crippen molar-refractivity contribution in [1.82, 2.24) is 29.3 Å². The number of hydrogen-bond donors (Lipinski definition) is 1. The molecule has 1 atom stereocenters. The van der Waals surface area contributed by atoms with Crippen LogP contribution in [0.1, 0.15) is 82.9 Å². The molecule has 0 bridgehead atoms. The van der Waals surface area contributed by atoms with E-state index in [0.717, 1.165) is 26.1 Å². The monoisotopic (exact) mass is 500 g/mol. The maximum atomic E-state index is 12.9. The molecular weight excluding hydrogens is 456 g/mol. The first-order valence-corrected chi connectivity index (χ1v) is 14.3. The molecule has 1 fully saturated rings. The quantitative estimate of drug-likeness (QED) is 0.418. The Bertz CT molecular complexity index is 848. The van der Waals surface area contributed by atoms with Gasteiger partial charge in [-0.25, -0.2) is 27.6 Å². The molecule has 11 heteroatoms. The summed E-state index contributed by atoms with van der Waals surface area (Å²) in [5, 5.41) is 4.48. The lowest BCUT2D eigenvalue weighted by Gasteiger charge is -2.24. The lowest BCUT2D eigenvalue weighted by molar-refractivity contribution is 0.108. The average molecular weight is 501 g/mol. The minimum absolute atomic E-state index is 0.0214. The third kappa shape index (κ3) is 9.50. The normalized spacial score (nSPS) is 16.1. The smallest absolute Gasteiger partial charge is 0.409 e. The zero-order valence-corrected chi connectivity index (χ0v) is 22.4. The zero-order chi connectivity index (χ0) is 25.1. The van der Waals surface area contributed by atoms with Gasteiger partial charge in [0.1, 0.15) is 0 Å². The molecule has 0 radical (unpaired) electrons. The van der Waals surface area contributed by atoms with Crippen molar-refractivity contribution in [2.24, 2.45) is 13.0 Å². The molecule has 196 valence electrons. The van der Waals surface area contributed by atoms with E-state index < -0.39 is 22.2 Å². The second-order valence-electron chi connectivity index (χ2n) is 9.41. The van der Waals surface area contributed by atoms with Gasteiger partial charge in [0.2, 0.25) is 10.0 Å². The van der Waals surface area contributed by atoms with Crippen molar-refractivity contribution in [2.75, 3.05) is 39.5 Å². The van der Waals surface area contributed by atoms with Crippen LogP contribution in [0.5, 0.6) is 0 Å². The van der Waals surface area contributed by atoms with Gasteiger partial charge in [-0.15, -0.1) is 0 Å². The summed E-state index contributed by atoms with van der Waals surface area (Å²) >= 11 is 0. The van der Waals surface area contributed by atoms with Gasteiger partial charge in [0, 0.05) is 21.1 Å². The highest BCUT2D eigenvalue weighted by atomic mass is 32.2. The van der Waals surface area contributed by atoms with E-state index in [4.69, 9.17) is 4.74 Å². The summed E-state index contributed by atoms with van der Waals surface area (Å²) in [6.45, 7) is 6.71. The summed E-state index contributed by atoms with van der Waals surface area (Å²) in [7, 11) is 1.46. The Morgan fingerprint density at radius 3 is 2.50 bits per heavy atom. The predicted molar refractivity (Wildman–Crippen MR) is 133 cm³/mol. The lowest BCUT2D eigenvalue weighted by Crippen LogP contribution is -2.33. The predicted octanol–water partition coefficient (Wildman–Crippen LogP) is 3.07. The standard InChI is InChI=1S/C23H44N6O4S/c1-6-29(7-2)16-11-17-34(31,32)26-20(15-14-19-12-9-8-10-13-19)22-24-21(28(5)25-22)18-33-23(30)27(3)4/h19-20,26H,6-18H2,1-5H3/t20-/m1/s1. The molecule has 1 N–H and O–H groups in total. The molecule has 2 rings (SSSR count). The number of amides is 1. The number of ether oxygens (including phenoxy) is 1. The number of hydrogen-bond acceptors (Lipinski definition) is 7. The number of aromatic nitrogens is 3. The van der Waals surface area contributed by atoms with Crippen molar-refractivity contribution < 1.29 is 17.9 Å². The van der Waals surface area contributed by atoms with Crippen LogP contribution in [0.15, 0.2) is 0 Å². The minimum Gasteiger partial charge on any atom is -0.441 e. The third-order valence-electron chi connectivity index (χ3n) is 6.56. The third-order valence-corrected chi connectivity index (χ3v) is 8.03. The van der Waals surface area contributed by atoms with Gasteiger partial charge in [-0.3, -0.25) is 0 Å². The van der Waals surface area contributed by atoms with Crippen molar-refractivity contribution in [2.45, 2.75) is 77.9 Å². The summed E-state index contributed by atoms with van der Waals surface area (Å²) in [6, 6.07) is -0.495. The lowest BCUT2D eigenvalue weighted by atomic mass is 9.85.